The van der Waals surface area contributed by atoms with Crippen molar-refractivity contribution in [3.8, 4) is 11.5 Å². The minimum absolute atomic E-state index is 0.0434. The Morgan fingerprint density at radius 3 is 2.48 bits per heavy atom. The molecule has 0 radical (unpaired) electrons. The highest BCUT2D eigenvalue weighted by Crippen LogP contribution is 2.29. The van der Waals surface area contributed by atoms with E-state index in [2.05, 4.69) is 14.8 Å². The highest BCUT2D eigenvalue weighted by molar-refractivity contribution is 7.89. The molecule has 29 heavy (non-hydrogen) atoms. The zero-order valence-electron chi connectivity index (χ0n) is 15.5. The molecule has 11 heteroatoms. The van der Waals surface area contributed by atoms with Crippen LogP contribution in [0.15, 0.2) is 41.3 Å². The maximum Gasteiger partial charge on any atom is 0.387 e. The summed E-state index contributed by atoms with van der Waals surface area (Å²) in [5.41, 5.74) is 0.131. The lowest BCUT2D eigenvalue weighted by atomic mass is 10.1. The Hall–Kier alpha value is -2.79. The van der Waals surface area contributed by atoms with Gasteiger partial charge in [-0.05, 0) is 49.4 Å². The molecule has 0 aliphatic heterocycles. The Balaban J connectivity index is 2.08. The highest BCUT2D eigenvalue weighted by atomic mass is 32.2. The minimum Gasteiger partial charge on any atom is -0.493 e. The van der Waals surface area contributed by atoms with Crippen molar-refractivity contribution in [1.82, 2.24) is 10.0 Å². The van der Waals surface area contributed by atoms with Crippen molar-refractivity contribution in [3.63, 3.8) is 0 Å². The number of hydrogen-bond acceptors (Lipinski definition) is 5. The van der Waals surface area contributed by atoms with Crippen LogP contribution in [0.4, 0.5) is 13.2 Å². The van der Waals surface area contributed by atoms with Gasteiger partial charge >= 0.3 is 6.61 Å². The second-order valence-corrected chi connectivity index (χ2v) is 7.61. The Bertz CT molecular complexity index is 983. The van der Waals surface area contributed by atoms with Crippen molar-refractivity contribution in [3.05, 3.63) is 53.3 Å². The fourth-order valence-corrected chi connectivity index (χ4v) is 3.20. The van der Waals surface area contributed by atoms with Crippen LogP contribution in [0.2, 0.25) is 0 Å². The van der Waals surface area contributed by atoms with Gasteiger partial charge in [0.15, 0.2) is 11.5 Å². The van der Waals surface area contributed by atoms with Gasteiger partial charge in [-0.3, -0.25) is 4.79 Å². The number of ether oxygens (including phenoxy) is 2. The first-order chi connectivity index (χ1) is 13.7. The van der Waals surface area contributed by atoms with Gasteiger partial charge < -0.3 is 14.8 Å². The summed E-state index contributed by atoms with van der Waals surface area (Å²) in [6, 6.07) is 7.25. The van der Waals surface area contributed by atoms with Crippen molar-refractivity contribution in [2.45, 2.75) is 17.9 Å². The SMILES string of the molecule is CNS(=O)(=O)c1ccc(F)c(C(=O)NCCc2ccc(OC)c(OC(F)F)c2)c1. The van der Waals surface area contributed by atoms with Gasteiger partial charge in [0.1, 0.15) is 5.82 Å². The average Bonchev–Trinajstić information content (AvgIpc) is 2.67. The van der Waals surface area contributed by atoms with Crippen LogP contribution in [-0.2, 0) is 16.4 Å². The molecule has 2 rings (SSSR count). The summed E-state index contributed by atoms with van der Waals surface area (Å²) in [7, 11) is -1.34. The topological polar surface area (TPSA) is 93.7 Å². The minimum atomic E-state index is -3.84. The first kappa shape index (κ1) is 22.5. The second-order valence-electron chi connectivity index (χ2n) is 5.72. The molecule has 0 bridgehead atoms. The van der Waals surface area contributed by atoms with Crippen LogP contribution >= 0.6 is 0 Å². The van der Waals surface area contributed by atoms with Crippen LogP contribution in [0.5, 0.6) is 11.5 Å². The van der Waals surface area contributed by atoms with Crippen LogP contribution in [0.3, 0.4) is 0 Å². The molecule has 0 aliphatic carbocycles. The summed E-state index contributed by atoms with van der Waals surface area (Å²) >= 11 is 0. The summed E-state index contributed by atoms with van der Waals surface area (Å²) in [5, 5.41) is 2.46. The van der Waals surface area contributed by atoms with E-state index in [1.54, 1.807) is 6.07 Å². The number of carbonyl (C=O) groups is 1. The summed E-state index contributed by atoms with van der Waals surface area (Å²) in [4.78, 5) is 12.0. The van der Waals surface area contributed by atoms with Crippen LogP contribution in [-0.4, -0.2) is 41.6 Å². The normalized spacial score (nSPS) is 11.4. The largest absolute Gasteiger partial charge is 0.493 e. The molecule has 158 valence electrons. The highest BCUT2D eigenvalue weighted by Gasteiger charge is 2.18. The van der Waals surface area contributed by atoms with Gasteiger partial charge in [-0.25, -0.2) is 17.5 Å². The van der Waals surface area contributed by atoms with Crippen LogP contribution in [0.25, 0.3) is 0 Å². The fourth-order valence-electron chi connectivity index (χ4n) is 2.44. The fraction of sp³-hybridized carbons (Fsp3) is 0.278. The molecule has 1 amide bonds. The number of sulfonamides is 1. The Labute approximate surface area is 165 Å². The average molecular weight is 432 g/mol. The van der Waals surface area contributed by atoms with E-state index in [-0.39, 0.29) is 29.4 Å². The maximum atomic E-state index is 13.9. The third-order valence-corrected chi connectivity index (χ3v) is 5.32. The van der Waals surface area contributed by atoms with E-state index in [1.165, 1.54) is 26.3 Å². The van der Waals surface area contributed by atoms with E-state index < -0.39 is 33.9 Å². The van der Waals surface area contributed by atoms with Crippen LogP contribution in [0.1, 0.15) is 15.9 Å². The summed E-state index contributed by atoms with van der Waals surface area (Å²) < 4.78 is 73.9. The van der Waals surface area contributed by atoms with Gasteiger partial charge in [-0.2, -0.15) is 8.78 Å². The molecule has 0 saturated heterocycles. The molecule has 0 atom stereocenters. The molecular weight excluding hydrogens is 413 g/mol. The molecule has 0 heterocycles. The van der Waals surface area contributed by atoms with Gasteiger partial charge in [0.25, 0.3) is 5.91 Å². The lowest BCUT2D eigenvalue weighted by molar-refractivity contribution is -0.0512. The van der Waals surface area contributed by atoms with Gasteiger partial charge in [-0.1, -0.05) is 6.07 Å². The molecular formula is C18H19F3N2O5S. The molecule has 0 saturated carbocycles. The van der Waals surface area contributed by atoms with Gasteiger partial charge in [0.2, 0.25) is 10.0 Å². The number of benzene rings is 2. The number of halogens is 3. The van der Waals surface area contributed by atoms with Crippen LogP contribution in [0, 0.1) is 5.82 Å². The molecule has 0 aliphatic rings. The van der Waals surface area contributed by atoms with E-state index in [4.69, 9.17) is 4.74 Å². The third-order valence-electron chi connectivity index (χ3n) is 3.90. The summed E-state index contributed by atoms with van der Waals surface area (Å²) in [6.45, 7) is -2.98. The van der Waals surface area contributed by atoms with Gasteiger partial charge in [0.05, 0.1) is 17.6 Å². The molecule has 2 N–H and O–H groups in total. The van der Waals surface area contributed by atoms with Crippen molar-refractivity contribution >= 4 is 15.9 Å². The zero-order chi connectivity index (χ0) is 21.6. The number of hydrogen-bond donors (Lipinski definition) is 2. The zero-order valence-corrected chi connectivity index (χ0v) is 16.4. The lowest BCUT2D eigenvalue weighted by Crippen LogP contribution is -2.27. The van der Waals surface area contributed by atoms with Crippen molar-refractivity contribution < 1.29 is 35.9 Å². The predicted octanol–water partition coefficient (Wildman–Crippen LogP) is 2.32. The molecule has 0 unspecified atom stereocenters. The van der Waals surface area contributed by atoms with Crippen LogP contribution < -0.4 is 19.5 Å². The predicted molar refractivity (Wildman–Crippen MR) is 98.3 cm³/mol. The van der Waals surface area contributed by atoms with Gasteiger partial charge in [-0.15, -0.1) is 0 Å². The van der Waals surface area contributed by atoms with E-state index in [1.807, 2.05) is 0 Å². The van der Waals surface area contributed by atoms with Crippen molar-refractivity contribution in [1.29, 1.82) is 0 Å². The number of alkyl halides is 2. The van der Waals surface area contributed by atoms with Gasteiger partial charge in [0, 0.05) is 6.54 Å². The molecule has 0 aromatic heterocycles. The first-order valence-electron chi connectivity index (χ1n) is 8.31. The Morgan fingerprint density at radius 2 is 1.86 bits per heavy atom. The molecule has 7 nitrogen and oxygen atoms in total. The van der Waals surface area contributed by atoms with E-state index in [0.717, 1.165) is 18.2 Å². The maximum absolute atomic E-state index is 13.9. The van der Waals surface area contributed by atoms with E-state index in [0.29, 0.717) is 5.56 Å². The molecule has 2 aromatic carbocycles. The smallest absolute Gasteiger partial charge is 0.387 e. The number of carbonyl (C=O) groups excluding carboxylic acids is 1. The second kappa shape index (κ2) is 9.61. The standard InChI is InChI=1S/C18H19F3N2O5S/c1-22-29(25,26)12-4-5-14(19)13(10-12)17(24)23-8-7-11-3-6-15(27-2)16(9-11)28-18(20)21/h3-6,9-10,18,22H,7-8H2,1-2H3,(H,23,24). The number of rotatable bonds is 9. The quantitative estimate of drug-likeness (QED) is 0.634. The molecule has 0 spiro atoms. The number of nitrogens with one attached hydrogen (secondary N) is 2. The van der Waals surface area contributed by atoms with Crippen molar-refractivity contribution in [2.75, 3.05) is 20.7 Å². The van der Waals surface area contributed by atoms with Crippen molar-refractivity contribution in [2.24, 2.45) is 0 Å². The van der Waals surface area contributed by atoms with E-state index >= 15 is 0 Å². The Morgan fingerprint density at radius 1 is 1.14 bits per heavy atom. The summed E-state index contributed by atoms with van der Waals surface area (Å²) in [6.07, 6.45) is 0.228. The monoisotopic (exact) mass is 432 g/mol. The first-order valence-corrected chi connectivity index (χ1v) is 9.79. The third kappa shape index (κ3) is 5.84. The lowest BCUT2D eigenvalue weighted by Gasteiger charge is -2.12. The molecule has 2 aromatic rings. The van der Waals surface area contributed by atoms with E-state index in [9.17, 15) is 26.4 Å². The number of amides is 1. The molecule has 0 fully saturated rings. The Kier molecular flexibility index (Phi) is 7.46. The summed E-state index contributed by atoms with van der Waals surface area (Å²) in [5.74, 6) is -1.71. The number of methoxy groups -OCH3 is 1.